The molecule has 1 heterocycles. The van der Waals surface area contributed by atoms with Crippen LogP contribution in [0.5, 0.6) is 0 Å². The van der Waals surface area contributed by atoms with E-state index in [1.165, 1.54) is 0 Å². The third-order valence-corrected chi connectivity index (χ3v) is 4.47. The van der Waals surface area contributed by atoms with Gasteiger partial charge in [0.1, 0.15) is 5.84 Å². The minimum atomic E-state index is -2.88. The Bertz CT molecular complexity index is 352. The quantitative estimate of drug-likeness (QED) is 0.258. The van der Waals surface area contributed by atoms with Crippen LogP contribution in [0.15, 0.2) is 5.16 Å². The van der Waals surface area contributed by atoms with Crippen molar-refractivity contribution in [2.45, 2.75) is 25.3 Å². The molecule has 0 aliphatic carbocycles. The first-order valence-corrected chi connectivity index (χ1v) is 6.61. The lowest BCUT2D eigenvalue weighted by Crippen LogP contribution is -2.44. The van der Waals surface area contributed by atoms with Gasteiger partial charge in [-0.1, -0.05) is 5.16 Å². The second-order valence-electron chi connectivity index (χ2n) is 4.17. The molecule has 1 aliphatic rings. The largest absolute Gasteiger partial charge is 0.409 e. The van der Waals surface area contributed by atoms with Gasteiger partial charge in [-0.25, -0.2) is 8.42 Å². The number of nitrogens with one attached hydrogen (secondary N) is 1. The molecule has 88 valence electrons. The molecule has 1 atom stereocenters. The van der Waals surface area contributed by atoms with Gasteiger partial charge in [0, 0.05) is 18.5 Å². The van der Waals surface area contributed by atoms with E-state index in [0.717, 1.165) is 0 Å². The van der Waals surface area contributed by atoms with E-state index in [2.05, 4.69) is 10.5 Å². The fraction of sp³-hybridized carbons (Fsp3) is 0.875. The third kappa shape index (κ3) is 3.67. The number of nitrogens with zero attached hydrogens (tertiary/aromatic N) is 1. The molecule has 1 saturated heterocycles. The van der Waals surface area contributed by atoms with Crippen LogP contribution in [0.25, 0.3) is 0 Å². The summed E-state index contributed by atoms with van der Waals surface area (Å²) >= 11 is 0. The van der Waals surface area contributed by atoms with Crippen molar-refractivity contribution in [1.82, 2.24) is 5.32 Å². The van der Waals surface area contributed by atoms with Crippen molar-refractivity contribution in [3.63, 3.8) is 0 Å². The maximum Gasteiger partial charge on any atom is 0.152 e. The Balaban J connectivity index is 2.40. The van der Waals surface area contributed by atoms with E-state index in [4.69, 9.17) is 10.9 Å². The molecule has 1 fully saturated rings. The molecule has 0 saturated carbocycles. The van der Waals surface area contributed by atoms with Crippen LogP contribution in [0.2, 0.25) is 0 Å². The summed E-state index contributed by atoms with van der Waals surface area (Å²) < 4.78 is 22.5. The van der Waals surface area contributed by atoms with Crippen LogP contribution < -0.4 is 11.1 Å². The van der Waals surface area contributed by atoms with Gasteiger partial charge in [0.15, 0.2) is 9.84 Å². The second-order valence-corrected chi connectivity index (χ2v) is 6.35. The van der Waals surface area contributed by atoms with Crippen LogP contribution in [-0.2, 0) is 9.84 Å². The lowest BCUT2D eigenvalue weighted by atomic mass is 10.0. The van der Waals surface area contributed by atoms with Crippen LogP contribution in [-0.4, -0.2) is 43.1 Å². The zero-order valence-electron chi connectivity index (χ0n) is 8.73. The molecule has 0 aromatic rings. The van der Waals surface area contributed by atoms with Crippen molar-refractivity contribution in [3.8, 4) is 0 Å². The predicted molar refractivity (Wildman–Crippen MR) is 57.7 cm³/mol. The molecule has 7 heteroatoms. The van der Waals surface area contributed by atoms with Crippen molar-refractivity contribution in [2.24, 2.45) is 10.9 Å². The van der Waals surface area contributed by atoms with Gasteiger partial charge in [-0.2, -0.15) is 0 Å². The molecule has 1 rings (SSSR count). The molecule has 4 N–H and O–H groups in total. The summed E-state index contributed by atoms with van der Waals surface area (Å²) in [6, 6.07) is 0. The highest BCUT2D eigenvalue weighted by atomic mass is 32.2. The maximum absolute atomic E-state index is 11.3. The van der Waals surface area contributed by atoms with Crippen molar-refractivity contribution in [3.05, 3.63) is 0 Å². The van der Waals surface area contributed by atoms with E-state index in [9.17, 15) is 8.42 Å². The molecular weight excluding hydrogens is 218 g/mol. The molecule has 0 spiro atoms. The minimum Gasteiger partial charge on any atom is -0.409 e. The molecule has 0 bridgehead atoms. The third-order valence-electron chi connectivity index (χ3n) is 2.56. The first-order chi connectivity index (χ1) is 6.87. The molecule has 15 heavy (non-hydrogen) atoms. The smallest absolute Gasteiger partial charge is 0.152 e. The van der Waals surface area contributed by atoms with Gasteiger partial charge in [0.25, 0.3) is 0 Å². The average Bonchev–Trinajstić information content (AvgIpc) is 2.41. The van der Waals surface area contributed by atoms with Gasteiger partial charge in [-0.05, 0) is 13.3 Å². The summed E-state index contributed by atoms with van der Waals surface area (Å²) in [7, 11) is -2.88. The fourth-order valence-electron chi connectivity index (χ4n) is 1.69. The first-order valence-electron chi connectivity index (χ1n) is 4.79. The Morgan fingerprint density at radius 2 is 2.33 bits per heavy atom. The summed E-state index contributed by atoms with van der Waals surface area (Å²) in [5.74, 6) is 0.544. The van der Waals surface area contributed by atoms with E-state index in [1.807, 2.05) is 6.92 Å². The van der Waals surface area contributed by atoms with Crippen molar-refractivity contribution < 1.29 is 13.6 Å². The van der Waals surface area contributed by atoms with Crippen LogP contribution >= 0.6 is 0 Å². The summed E-state index contributed by atoms with van der Waals surface area (Å²) in [6.45, 7) is 2.39. The SMILES string of the molecule is CC1(NCCC(N)=NO)CCS(=O)(=O)C1. The van der Waals surface area contributed by atoms with Crippen molar-refractivity contribution in [1.29, 1.82) is 0 Å². The molecule has 0 radical (unpaired) electrons. The minimum absolute atomic E-state index is 0.145. The number of amidine groups is 1. The summed E-state index contributed by atoms with van der Waals surface area (Å²) in [5, 5.41) is 14.3. The van der Waals surface area contributed by atoms with Gasteiger partial charge in [0.05, 0.1) is 11.5 Å². The van der Waals surface area contributed by atoms with Crippen LogP contribution in [0.4, 0.5) is 0 Å². The lowest BCUT2D eigenvalue weighted by molar-refractivity contribution is 0.316. The zero-order chi connectivity index (χ0) is 11.5. The monoisotopic (exact) mass is 235 g/mol. The Labute approximate surface area is 89.4 Å². The van der Waals surface area contributed by atoms with Gasteiger partial charge in [0.2, 0.25) is 0 Å². The Morgan fingerprint density at radius 3 is 2.80 bits per heavy atom. The standard InChI is InChI=1S/C8H17N3O3S/c1-8(3-5-15(13,14)6-8)10-4-2-7(9)11-12/h10,12H,2-6H2,1H3,(H2,9,11). The van der Waals surface area contributed by atoms with E-state index in [1.54, 1.807) is 0 Å². The van der Waals surface area contributed by atoms with E-state index < -0.39 is 9.84 Å². The number of hydrogen-bond acceptors (Lipinski definition) is 5. The van der Waals surface area contributed by atoms with Crippen molar-refractivity contribution >= 4 is 15.7 Å². The van der Waals surface area contributed by atoms with E-state index >= 15 is 0 Å². The van der Waals surface area contributed by atoms with E-state index in [0.29, 0.717) is 19.4 Å². The summed E-state index contributed by atoms with van der Waals surface area (Å²) in [5.41, 5.74) is 4.93. The van der Waals surface area contributed by atoms with Crippen LogP contribution in [0.3, 0.4) is 0 Å². The highest BCUT2D eigenvalue weighted by Gasteiger charge is 2.37. The first kappa shape index (κ1) is 12.3. The number of rotatable bonds is 4. The topological polar surface area (TPSA) is 105 Å². The number of sulfone groups is 1. The fourth-order valence-corrected chi connectivity index (χ4v) is 3.82. The highest BCUT2D eigenvalue weighted by Crippen LogP contribution is 2.22. The lowest BCUT2D eigenvalue weighted by Gasteiger charge is -2.23. The molecule has 0 aromatic heterocycles. The summed E-state index contributed by atoms with van der Waals surface area (Å²) in [4.78, 5) is 0. The van der Waals surface area contributed by atoms with Gasteiger partial charge in [-0.3, -0.25) is 0 Å². The zero-order valence-corrected chi connectivity index (χ0v) is 9.55. The molecule has 1 unspecified atom stereocenters. The van der Waals surface area contributed by atoms with Gasteiger partial charge < -0.3 is 16.3 Å². The van der Waals surface area contributed by atoms with E-state index in [-0.39, 0.29) is 22.9 Å². The Morgan fingerprint density at radius 1 is 1.67 bits per heavy atom. The van der Waals surface area contributed by atoms with Crippen molar-refractivity contribution in [2.75, 3.05) is 18.1 Å². The molecule has 1 aliphatic heterocycles. The maximum atomic E-state index is 11.3. The van der Waals surface area contributed by atoms with Crippen LogP contribution in [0.1, 0.15) is 19.8 Å². The van der Waals surface area contributed by atoms with Gasteiger partial charge in [-0.15, -0.1) is 0 Å². The average molecular weight is 235 g/mol. The molecule has 6 nitrogen and oxygen atoms in total. The number of hydrogen-bond donors (Lipinski definition) is 3. The predicted octanol–water partition coefficient (Wildman–Crippen LogP) is -0.710. The Kier molecular flexibility index (Phi) is 3.56. The van der Waals surface area contributed by atoms with Crippen LogP contribution in [0, 0.1) is 0 Å². The summed E-state index contributed by atoms with van der Waals surface area (Å²) in [6.07, 6.45) is 1.03. The number of nitrogens with two attached hydrogens (primary N) is 1. The molecule has 0 aromatic carbocycles. The highest BCUT2D eigenvalue weighted by molar-refractivity contribution is 7.91. The molecule has 0 amide bonds. The normalized spacial score (nSPS) is 30.6. The molecular formula is C8H17N3O3S. The second kappa shape index (κ2) is 4.36. The number of oxime groups is 1. The van der Waals surface area contributed by atoms with Gasteiger partial charge >= 0.3 is 0 Å². The Hall–Kier alpha value is -0.820.